The molecule has 0 atom stereocenters. The fourth-order valence-corrected chi connectivity index (χ4v) is 3.44. The molecule has 0 aromatic carbocycles. The molecular formula is C13H24N4O2S. The summed E-state index contributed by atoms with van der Waals surface area (Å²) in [4.78, 5) is 6.00. The van der Waals surface area contributed by atoms with Crippen molar-refractivity contribution in [2.75, 3.05) is 39.5 Å². The molecule has 0 radical (unpaired) electrons. The Labute approximate surface area is 121 Å². The largest absolute Gasteiger partial charge is 0.386 e. The van der Waals surface area contributed by atoms with E-state index in [9.17, 15) is 8.42 Å². The van der Waals surface area contributed by atoms with E-state index in [0.29, 0.717) is 12.2 Å². The van der Waals surface area contributed by atoms with Crippen molar-refractivity contribution in [3.63, 3.8) is 0 Å². The second-order valence-electron chi connectivity index (χ2n) is 5.83. The quantitative estimate of drug-likeness (QED) is 0.785. The predicted octanol–water partition coefficient (Wildman–Crippen LogP) is 0.989. The summed E-state index contributed by atoms with van der Waals surface area (Å²) in [6.07, 6.45) is 1.47. The molecule has 7 heteroatoms. The smallest absolute Gasteiger partial charge is 0.260 e. The maximum absolute atomic E-state index is 12.3. The Hall–Kier alpha value is -1.18. The van der Waals surface area contributed by atoms with E-state index in [1.54, 1.807) is 19.2 Å². The van der Waals surface area contributed by atoms with Crippen LogP contribution in [0.25, 0.3) is 0 Å². The lowest BCUT2D eigenvalue weighted by Gasteiger charge is -2.28. The van der Waals surface area contributed by atoms with Gasteiger partial charge in [-0.3, -0.25) is 0 Å². The van der Waals surface area contributed by atoms with E-state index in [1.165, 1.54) is 6.20 Å². The molecule has 1 heterocycles. The van der Waals surface area contributed by atoms with Crippen molar-refractivity contribution >= 4 is 15.7 Å². The van der Waals surface area contributed by atoms with E-state index in [1.807, 2.05) is 32.8 Å². The third kappa shape index (κ3) is 4.73. The van der Waals surface area contributed by atoms with Gasteiger partial charge < -0.3 is 10.2 Å². The highest BCUT2D eigenvalue weighted by Crippen LogP contribution is 2.19. The predicted molar refractivity (Wildman–Crippen MR) is 81.3 cm³/mol. The molecule has 0 amide bonds. The Bertz CT molecular complexity index is 541. The van der Waals surface area contributed by atoms with Crippen molar-refractivity contribution in [3.8, 4) is 0 Å². The van der Waals surface area contributed by atoms with Crippen LogP contribution < -0.4 is 10.0 Å². The summed E-state index contributed by atoms with van der Waals surface area (Å²) in [7, 11) is 1.99. The summed E-state index contributed by atoms with van der Waals surface area (Å²) in [6.45, 7) is 5.18. The number of pyridine rings is 1. The number of hydrogen-bond acceptors (Lipinski definition) is 5. The van der Waals surface area contributed by atoms with Crippen LogP contribution in [0, 0.1) is 5.41 Å². The van der Waals surface area contributed by atoms with E-state index >= 15 is 0 Å². The van der Waals surface area contributed by atoms with Crippen molar-refractivity contribution in [1.82, 2.24) is 14.6 Å². The van der Waals surface area contributed by atoms with Crippen molar-refractivity contribution in [1.29, 1.82) is 0 Å². The summed E-state index contributed by atoms with van der Waals surface area (Å²) in [5.41, 5.74) is 0.330. The maximum Gasteiger partial charge on any atom is 0.260 e. The van der Waals surface area contributed by atoms with Gasteiger partial charge in [0.25, 0.3) is 10.0 Å². The fraction of sp³-hybridized carbons (Fsp3) is 0.615. The highest BCUT2D eigenvalue weighted by atomic mass is 32.2. The molecule has 0 saturated carbocycles. The standard InChI is InChI=1S/C13H24N4O2S/c1-13(2,10-17(4)5)9-16-20(18,19)12-11(14-3)7-6-8-15-12/h6-8,14,16H,9-10H2,1-5H3. The molecule has 0 fully saturated rings. The van der Waals surface area contributed by atoms with Gasteiger partial charge in [-0.25, -0.2) is 18.1 Å². The molecule has 0 bridgehead atoms. The average Bonchev–Trinajstić information content (AvgIpc) is 2.35. The van der Waals surface area contributed by atoms with E-state index in [-0.39, 0.29) is 10.4 Å². The van der Waals surface area contributed by atoms with Crippen LogP contribution in [-0.2, 0) is 10.0 Å². The van der Waals surface area contributed by atoms with Crippen LogP contribution in [0.2, 0.25) is 0 Å². The number of anilines is 1. The summed E-state index contributed by atoms with van der Waals surface area (Å²) in [5, 5.41) is 2.87. The highest BCUT2D eigenvalue weighted by Gasteiger charge is 2.25. The molecule has 6 nitrogen and oxygen atoms in total. The second kappa shape index (κ2) is 6.51. The van der Waals surface area contributed by atoms with Crippen LogP contribution in [0.3, 0.4) is 0 Å². The van der Waals surface area contributed by atoms with Crippen LogP contribution in [0.4, 0.5) is 5.69 Å². The number of sulfonamides is 1. The van der Waals surface area contributed by atoms with Gasteiger partial charge in [-0.1, -0.05) is 13.8 Å². The summed E-state index contributed by atoms with van der Waals surface area (Å²) in [5.74, 6) is 0. The minimum atomic E-state index is -3.61. The lowest BCUT2D eigenvalue weighted by molar-refractivity contribution is 0.242. The minimum Gasteiger partial charge on any atom is -0.386 e. The Balaban J connectivity index is 2.86. The molecule has 20 heavy (non-hydrogen) atoms. The topological polar surface area (TPSA) is 74.3 Å². The normalized spacial score (nSPS) is 12.7. The van der Waals surface area contributed by atoms with E-state index in [0.717, 1.165) is 6.54 Å². The lowest BCUT2D eigenvalue weighted by Crippen LogP contribution is -2.40. The monoisotopic (exact) mass is 300 g/mol. The highest BCUT2D eigenvalue weighted by molar-refractivity contribution is 7.89. The third-order valence-corrected chi connectivity index (χ3v) is 4.14. The first-order chi connectivity index (χ1) is 9.18. The molecule has 2 N–H and O–H groups in total. The first kappa shape index (κ1) is 16.9. The molecule has 0 aliphatic rings. The molecule has 0 unspecified atom stereocenters. The number of rotatable bonds is 7. The summed E-state index contributed by atoms with van der Waals surface area (Å²) >= 11 is 0. The van der Waals surface area contributed by atoms with Crippen LogP contribution in [-0.4, -0.2) is 52.5 Å². The van der Waals surface area contributed by atoms with E-state index < -0.39 is 10.0 Å². The Morgan fingerprint density at radius 2 is 2.00 bits per heavy atom. The van der Waals surface area contributed by atoms with Gasteiger partial charge in [0.1, 0.15) is 0 Å². The van der Waals surface area contributed by atoms with E-state index in [2.05, 4.69) is 15.0 Å². The Morgan fingerprint density at radius 1 is 1.35 bits per heavy atom. The van der Waals surface area contributed by atoms with Gasteiger partial charge in [-0.05, 0) is 31.6 Å². The van der Waals surface area contributed by atoms with Gasteiger partial charge in [0.2, 0.25) is 0 Å². The SMILES string of the molecule is CNc1cccnc1S(=O)(=O)NCC(C)(C)CN(C)C. The Kier molecular flexibility index (Phi) is 5.50. The van der Waals surface area contributed by atoms with Crippen LogP contribution >= 0.6 is 0 Å². The zero-order chi connectivity index (χ0) is 15.4. The van der Waals surface area contributed by atoms with Gasteiger partial charge in [0, 0.05) is 26.3 Å². The first-order valence-electron chi connectivity index (χ1n) is 6.45. The second-order valence-corrected chi connectivity index (χ2v) is 7.51. The average molecular weight is 300 g/mol. The molecule has 0 spiro atoms. The van der Waals surface area contributed by atoms with Gasteiger partial charge in [0.05, 0.1) is 5.69 Å². The van der Waals surface area contributed by atoms with Crippen LogP contribution in [0.1, 0.15) is 13.8 Å². The van der Waals surface area contributed by atoms with Crippen molar-refractivity contribution in [2.24, 2.45) is 5.41 Å². The van der Waals surface area contributed by atoms with Crippen molar-refractivity contribution in [2.45, 2.75) is 18.9 Å². The van der Waals surface area contributed by atoms with Gasteiger partial charge in [0.15, 0.2) is 5.03 Å². The Morgan fingerprint density at radius 3 is 2.55 bits per heavy atom. The summed E-state index contributed by atoms with van der Waals surface area (Å²) < 4.78 is 27.3. The summed E-state index contributed by atoms with van der Waals surface area (Å²) in [6, 6.07) is 3.38. The zero-order valence-corrected chi connectivity index (χ0v) is 13.6. The number of aromatic nitrogens is 1. The number of nitrogens with one attached hydrogen (secondary N) is 2. The van der Waals surface area contributed by atoms with E-state index in [4.69, 9.17) is 0 Å². The van der Waals surface area contributed by atoms with Crippen LogP contribution in [0.5, 0.6) is 0 Å². The van der Waals surface area contributed by atoms with Gasteiger partial charge in [-0.15, -0.1) is 0 Å². The molecule has 0 aliphatic heterocycles. The zero-order valence-electron chi connectivity index (χ0n) is 12.8. The minimum absolute atomic E-state index is 0.0307. The molecule has 114 valence electrons. The van der Waals surface area contributed by atoms with Gasteiger partial charge >= 0.3 is 0 Å². The number of hydrogen-bond donors (Lipinski definition) is 2. The molecule has 0 aliphatic carbocycles. The third-order valence-electron chi connectivity index (χ3n) is 2.78. The molecule has 0 saturated heterocycles. The molecule has 1 rings (SSSR count). The lowest BCUT2D eigenvalue weighted by atomic mass is 9.93. The first-order valence-corrected chi connectivity index (χ1v) is 7.93. The van der Waals surface area contributed by atoms with Crippen molar-refractivity contribution < 1.29 is 8.42 Å². The van der Waals surface area contributed by atoms with Gasteiger partial charge in [-0.2, -0.15) is 0 Å². The van der Waals surface area contributed by atoms with Crippen LogP contribution in [0.15, 0.2) is 23.4 Å². The maximum atomic E-state index is 12.3. The van der Waals surface area contributed by atoms with Crippen molar-refractivity contribution in [3.05, 3.63) is 18.3 Å². The number of nitrogens with zero attached hydrogens (tertiary/aromatic N) is 2. The molecule has 1 aromatic rings. The molecular weight excluding hydrogens is 276 g/mol. The molecule has 1 aromatic heterocycles. The fourth-order valence-electron chi connectivity index (χ4n) is 2.07.